The van der Waals surface area contributed by atoms with Gasteiger partial charge in [-0.1, -0.05) is 25.1 Å². The van der Waals surface area contributed by atoms with Gasteiger partial charge in [-0.05, 0) is 24.5 Å². The number of aliphatic hydroxyl groups is 1. The number of hydrogen-bond acceptors (Lipinski definition) is 3. The van der Waals surface area contributed by atoms with E-state index in [4.69, 9.17) is 9.47 Å². The minimum atomic E-state index is -0.469. The lowest BCUT2D eigenvalue weighted by atomic mass is 9.90. The molecule has 0 spiro atoms. The molecule has 1 saturated carbocycles. The molecule has 2 fully saturated rings. The summed E-state index contributed by atoms with van der Waals surface area (Å²) < 4.78 is 11.2. The lowest BCUT2D eigenvalue weighted by Crippen LogP contribution is -2.44. The van der Waals surface area contributed by atoms with Crippen molar-refractivity contribution in [1.29, 1.82) is 0 Å². The van der Waals surface area contributed by atoms with E-state index in [1.165, 1.54) is 0 Å². The van der Waals surface area contributed by atoms with Crippen molar-refractivity contribution in [3.63, 3.8) is 0 Å². The van der Waals surface area contributed by atoms with Crippen LogP contribution in [0.25, 0.3) is 0 Å². The van der Waals surface area contributed by atoms with E-state index in [0.717, 1.165) is 37.4 Å². The third-order valence-corrected chi connectivity index (χ3v) is 3.80. The monoisotopic (exact) mass is 248 g/mol. The van der Waals surface area contributed by atoms with Crippen LogP contribution in [0.3, 0.4) is 0 Å². The number of para-hydroxylation sites is 1. The molecule has 3 heteroatoms. The highest BCUT2D eigenvalue weighted by atomic mass is 16.5. The van der Waals surface area contributed by atoms with E-state index in [9.17, 15) is 5.11 Å². The van der Waals surface area contributed by atoms with Crippen molar-refractivity contribution in [3.8, 4) is 5.75 Å². The third-order valence-electron chi connectivity index (χ3n) is 3.80. The first-order valence-corrected chi connectivity index (χ1v) is 6.60. The van der Waals surface area contributed by atoms with Gasteiger partial charge >= 0.3 is 0 Å². The van der Waals surface area contributed by atoms with Gasteiger partial charge in [-0.3, -0.25) is 0 Å². The fourth-order valence-electron chi connectivity index (χ4n) is 2.25. The molecule has 1 saturated heterocycles. The van der Waals surface area contributed by atoms with Gasteiger partial charge in [0.1, 0.15) is 5.75 Å². The van der Waals surface area contributed by atoms with E-state index in [-0.39, 0.29) is 5.41 Å². The Morgan fingerprint density at radius 2 is 2.00 bits per heavy atom. The summed E-state index contributed by atoms with van der Waals surface area (Å²) in [5, 5.41) is 10.0. The van der Waals surface area contributed by atoms with E-state index in [0.29, 0.717) is 13.0 Å². The second-order valence-electron chi connectivity index (χ2n) is 6.10. The van der Waals surface area contributed by atoms with Crippen molar-refractivity contribution >= 4 is 0 Å². The third kappa shape index (κ3) is 2.52. The van der Waals surface area contributed by atoms with Crippen LogP contribution >= 0.6 is 0 Å². The largest absolute Gasteiger partial charge is 0.493 e. The van der Waals surface area contributed by atoms with Crippen LogP contribution in [0.4, 0.5) is 0 Å². The first kappa shape index (κ1) is 12.0. The van der Waals surface area contributed by atoms with Crippen molar-refractivity contribution in [2.24, 2.45) is 5.41 Å². The summed E-state index contributed by atoms with van der Waals surface area (Å²) >= 11 is 0. The van der Waals surface area contributed by atoms with Crippen LogP contribution in [-0.2, 0) is 11.2 Å². The van der Waals surface area contributed by atoms with Crippen molar-refractivity contribution < 1.29 is 14.6 Å². The Labute approximate surface area is 108 Å². The maximum absolute atomic E-state index is 10.0. The van der Waals surface area contributed by atoms with Gasteiger partial charge in [-0.25, -0.2) is 0 Å². The first-order chi connectivity index (χ1) is 8.59. The van der Waals surface area contributed by atoms with Crippen molar-refractivity contribution in [3.05, 3.63) is 29.8 Å². The van der Waals surface area contributed by atoms with Crippen molar-refractivity contribution in [2.75, 3.05) is 19.8 Å². The smallest absolute Gasteiger partial charge is 0.122 e. The predicted octanol–water partition coefficient (Wildman–Crippen LogP) is 2.17. The molecule has 1 aliphatic carbocycles. The zero-order valence-electron chi connectivity index (χ0n) is 10.8. The molecule has 3 nitrogen and oxygen atoms in total. The molecule has 3 rings (SSSR count). The molecule has 1 aromatic rings. The molecule has 1 N–H and O–H groups in total. The summed E-state index contributed by atoms with van der Waals surface area (Å²) in [6, 6.07) is 8.02. The van der Waals surface area contributed by atoms with Gasteiger partial charge < -0.3 is 14.6 Å². The normalized spacial score (nSPS) is 23.2. The van der Waals surface area contributed by atoms with Crippen LogP contribution in [0.2, 0.25) is 0 Å². The molecule has 0 amide bonds. The van der Waals surface area contributed by atoms with Crippen LogP contribution in [0.15, 0.2) is 24.3 Å². The molecular formula is C15H20O3. The van der Waals surface area contributed by atoms with Crippen LogP contribution in [0.5, 0.6) is 5.75 Å². The summed E-state index contributed by atoms with van der Waals surface area (Å²) in [7, 11) is 0. The van der Waals surface area contributed by atoms with Crippen LogP contribution < -0.4 is 4.74 Å². The van der Waals surface area contributed by atoms with Crippen LogP contribution in [0, 0.1) is 5.41 Å². The minimum Gasteiger partial charge on any atom is -0.493 e. The Morgan fingerprint density at radius 3 is 2.61 bits per heavy atom. The van der Waals surface area contributed by atoms with Gasteiger partial charge in [-0.15, -0.1) is 0 Å². The maximum atomic E-state index is 10.0. The number of benzene rings is 1. The van der Waals surface area contributed by atoms with Crippen molar-refractivity contribution in [1.82, 2.24) is 0 Å². The van der Waals surface area contributed by atoms with Crippen molar-refractivity contribution in [2.45, 2.75) is 31.8 Å². The summed E-state index contributed by atoms with van der Waals surface area (Å²) in [4.78, 5) is 0. The molecule has 1 heterocycles. The molecule has 0 unspecified atom stereocenters. The highest BCUT2D eigenvalue weighted by molar-refractivity contribution is 5.35. The summed E-state index contributed by atoms with van der Waals surface area (Å²) in [5.74, 6) is 0.908. The van der Waals surface area contributed by atoms with Crippen LogP contribution in [-0.4, -0.2) is 30.5 Å². The summed E-state index contributed by atoms with van der Waals surface area (Å²) in [6.45, 7) is 4.41. The SMILES string of the molecule is CC1(COc2ccccc2CC2(O)CC2)COC1. The molecule has 98 valence electrons. The molecule has 2 aliphatic rings. The fourth-order valence-corrected chi connectivity index (χ4v) is 2.25. The van der Waals surface area contributed by atoms with E-state index in [2.05, 4.69) is 6.92 Å². The molecular weight excluding hydrogens is 228 g/mol. The number of rotatable bonds is 5. The van der Waals surface area contributed by atoms with Gasteiger partial charge in [0.05, 0.1) is 25.4 Å². The second-order valence-corrected chi connectivity index (χ2v) is 6.10. The Kier molecular flexibility index (Phi) is 2.83. The zero-order chi connectivity index (χ0) is 12.6. The lowest BCUT2D eigenvalue weighted by molar-refractivity contribution is -0.120. The van der Waals surface area contributed by atoms with E-state index in [1.807, 2.05) is 24.3 Å². The lowest BCUT2D eigenvalue weighted by Gasteiger charge is -2.37. The Balaban J connectivity index is 1.66. The molecule has 18 heavy (non-hydrogen) atoms. The molecule has 0 atom stereocenters. The molecule has 0 aromatic heterocycles. The minimum absolute atomic E-state index is 0.156. The van der Waals surface area contributed by atoms with E-state index < -0.39 is 5.60 Å². The Hall–Kier alpha value is -1.06. The number of hydrogen-bond donors (Lipinski definition) is 1. The van der Waals surface area contributed by atoms with Gasteiger partial charge in [0, 0.05) is 11.8 Å². The molecule has 1 aliphatic heterocycles. The molecule has 1 aromatic carbocycles. The average molecular weight is 248 g/mol. The second kappa shape index (κ2) is 4.25. The maximum Gasteiger partial charge on any atom is 0.122 e. The van der Waals surface area contributed by atoms with Crippen LogP contribution in [0.1, 0.15) is 25.3 Å². The highest BCUT2D eigenvalue weighted by Gasteiger charge is 2.41. The molecule has 0 radical (unpaired) electrons. The highest BCUT2D eigenvalue weighted by Crippen LogP contribution is 2.40. The van der Waals surface area contributed by atoms with Gasteiger partial charge in [0.2, 0.25) is 0 Å². The zero-order valence-corrected chi connectivity index (χ0v) is 10.8. The fraction of sp³-hybridized carbons (Fsp3) is 0.600. The predicted molar refractivity (Wildman–Crippen MR) is 68.8 cm³/mol. The Bertz CT molecular complexity index is 433. The number of ether oxygens (including phenoxy) is 2. The summed E-state index contributed by atoms with van der Waals surface area (Å²) in [6.07, 6.45) is 2.52. The Morgan fingerprint density at radius 1 is 1.28 bits per heavy atom. The standard InChI is InChI=1S/C15H20O3/c1-14(9-17-10-14)11-18-13-5-3-2-4-12(13)8-15(16)6-7-15/h2-5,16H,6-11H2,1H3. The first-order valence-electron chi connectivity index (χ1n) is 6.60. The van der Waals surface area contributed by atoms with Gasteiger partial charge in [-0.2, -0.15) is 0 Å². The quantitative estimate of drug-likeness (QED) is 0.868. The summed E-state index contributed by atoms with van der Waals surface area (Å²) in [5.41, 5.74) is 0.799. The van der Waals surface area contributed by atoms with E-state index in [1.54, 1.807) is 0 Å². The topological polar surface area (TPSA) is 38.7 Å². The molecule has 0 bridgehead atoms. The van der Waals surface area contributed by atoms with Gasteiger partial charge in [0.15, 0.2) is 0 Å². The van der Waals surface area contributed by atoms with E-state index >= 15 is 0 Å². The average Bonchev–Trinajstić information content (AvgIpc) is 3.03. The van der Waals surface area contributed by atoms with Gasteiger partial charge in [0.25, 0.3) is 0 Å².